The second kappa shape index (κ2) is 6.21. The second-order valence-electron chi connectivity index (χ2n) is 4.32. The Kier molecular flexibility index (Phi) is 4.61. The molecule has 1 aliphatic rings. The maximum atomic E-state index is 11.9. The first-order chi connectivity index (χ1) is 8.66. The highest BCUT2D eigenvalue weighted by atomic mass is 35.5. The summed E-state index contributed by atoms with van der Waals surface area (Å²) in [5, 5.41) is 3.45. The normalized spacial score (nSPS) is 18.7. The lowest BCUT2D eigenvalue weighted by Gasteiger charge is -2.18. The summed E-state index contributed by atoms with van der Waals surface area (Å²) in [7, 11) is 0. The van der Waals surface area contributed by atoms with Gasteiger partial charge < -0.3 is 5.32 Å². The topological polar surface area (TPSA) is 42.0 Å². The van der Waals surface area contributed by atoms with Crippen molar-refractivity contribution in [3.8, 4) is 0 Å². The van der Waals surface area contributed by atoms with Crippen LogP contribution in [0, 0.1) is 5.92 Å². The maximum Gasteiger partial charge on any atom is 0.271 e. The largest absolute Gasteiger partial charge is 0.350 e. The number of amides is 1. The fraction of sp³-hybridized carbons (Fsp3) is 0.385. The van der Waals surface area contributed by atoms with Gasteiger partial charge in [0.2, 0.25) is 0 Å². The van der Waals surface area contributed by atoms with Crippen molar-refractivity contribution >= 4 is 29.1 Å². The second-order valence-corrected chi connectivity index (χ2v) is 5.12. The molecule has 3 nitrogen and oxygen atoms in total. The lowest BCUT2D eigenvalue weighted by molar-refractivity contribution is 0.0941. The van der Waals surface area contributed by atoms with Gasteiger partial charge in [-0.25, -0.2) is 4.98 Å². The molecule has 0 saturated heterocycles. The van der Waals surface area contributed by atoms with E-state index in [1.165, 1.54) is 0 Å². The number of carbonyl (C=O) groups is 1. The van der Waals surface area contributed by atoms with Gasteiger partial charge in [-0.2, -0.15) is 0 Å². The molecule has 0 bridgehead atoms. The minimum absolute atomic E-state index is 0.190. The molecule has 0 aromatic carbocycles. The summed E-state index contributed by atoms with van der Waals surface area (Å²) in [5.41, 5.74) is 0.190. The van der Waals surface area contributed by atoms with Crippen LogP contribution in [0.1, 0.15) is 29.8 Å². The highest BCUT2D eigenvalue weighted by Gasteiger charge is 2.15. The van der Waals surface area contributed by atoms with Gasteiger partial charge in [-0.3, -0.25) is 4.79 Å². The molecule has 0 saturated carbocycles. The van der Waals surface area contributed by atoms with Gasteiger partial charge in [0.25, 0.3) is 5.91 Å². The average Bonchev–Trinajstić information content (AvgIpc) is 2.40. The molecule has 0 aliphatic heterocycles. The van der Waals surface area contributed by atoms with Crippen LogP contribution in [-0.2, 0) is 0 Å². The summed E-state index contributed by atoms with van der Waals surface area (Å²) in [6.45, 7) is 0.647. The molecular weight excluding hydrogens is 271 g/mol. The lowest BCUT2D eigenvalue weighted by atomic mass is 9.94. The van der Waals surface area contributed by atoms with Gasteiger partial charge in [-0.15, -0.1) is 0 Å². The number of nitrogens with one attached hydrogen (secondary N) is 1. The Morgan fingerprint density at radius 2 is 2.22 bits per heavy atom. The fourth-order valence-electron chi connectivity index (χ4n) is 1.94. The van der Waals surface area contributed by atoms with Gasteiger partial charge >= 0.3 is 0 Å². The Morgan fingerprint density at radius 1 is 1.39 bits per heavy atom. The van der Waals surface area contributed by atoms with Gasteiger partial charge in [-0.05, 0) is 37.3 Å². The zero-order valence-electron chi connectivity index (χ0n) is 9.83. The van der Waals surface area contributed by atoms with Crippen LogP contribution >= 0.6 is 23.2 Å². The molecule has 0 spiro atoms. The van der Waals surface area contributed by atoms with Gasteiger partial charge in [0.15, 0.2) is 0 Å². The van der Waals surface area contributed by atoms with Gasteiger partial charge in [0.1, 0.15) is 10.8 Å². The van der Waals surface area contributed by atoms with Gasteiger partial charge in [-0.1, -0.05) is 35.4 Å². The van der Waals surface area contributed by atoms with Crippen molar-refractivity contribution < 1.29 is 4.79 Å². The summed E-state index contributed by atoms with van der Waals surface area (Å²) >= 11 is 11.7. The average molecular weight is 285 g/mol. The summed E-state index contributed by atoms with van der Waals surface area (Å²) in [5.74, 6) is 0.231. The summed E-state index contributed by atoms with van der Waals surface area (Å²) in [6, 6.07) is 3.14. The van der Waals surface area contributed by atoms with Crippen molar-refractivity contribution in [3.05, 3.63) is 40.2 Å². The number of allylic oxidation sites excluding steroid dienone is 2. The van der Waals surface area contributed by atoms with E-state index in [4.69, 9.17) is 23.2 Å². The maximum absolute atomic E-state index is 11.9. The van der Waals surface area contributed by atoms with E-state index < -0.39 is 0 Å². The monoisotopic (exact) mass is 284 g/mol. The molecule has 2 rings (SSSR count). The van der Waals surface area contributed by atoms with E-state index in [1.807, 2.05) is 0 Å². The first-order valence-electron chi connectivity index (χ1n) is 5.92. The van der Waals surface area contributed by atoms with Crippen LogP contribution in [0.4, 0.5) is 0 Å². The molecule has 1 amide bonds. The number of aromatic nitrogens is 1. The Morgan fingerprint density at radius 3 is 2.94 bits per heavy atom. The smallest absolute Gasteiger partial charge is 0.271 e. The van der Waals surface area contributed by atoms with E-state index in [1.54, 1.807) is 12.1 Å². The Bertz CT molecular complexity index is 474. The summed E-state index contributed by atoms with van der Waals surface area (Å²) < 4.78 is 0. The number of nitrogens with zero attached hydrogens (tertiary/aromatic N) is 1. The predicted octanol–water partition coefficient (Wildman–Crippen LogP) is 3.47. The van der Waals surface area contributed by atoms with E-state index in [9.17, 15) is 4.79 Å². The van der Waals surface area contributed by atoms with E-state index in [0.29, 0.717) is 17.5 Å². The third-order valence-electron chi connectivity index (χ3n) is 2.96. The predicted molar refractivity (Wildman–Crippen MR) is 73.1 cm³/mol. The molecule has 1 N–H and O–H groups in total. The molecule has 18 heavy (non-hydrogen) atoms. The standard InChI is InChI=1S/C13H14Cl2N2O/c14-10-6-7-11(15)17-12(10)13(18)16-8-9-4-2-1-3-5-9/h1-2,6-7,9H,3-5,8H2,(H,16,18). The third kappa shape index (κ3) is 3.47. The fourth-order valence-corrected chi connectivity index (χ4v) is 2.28. The van der Waals surface area contributed by atoms with E-state index >= 15 is 0 Å². The van der Waals surface area contributed by atoms with Gasteiger partial charge in [0, 0.05) is 6.54 Å². The minimum Gasteiger partial charge on any atom is -0.350 e. The zero-order valence-corrected chi connectivity index (χ0v) is 11.3. The Labute approximate surface area is 116 Å². The highest BCUT2D eigenvalue weighted by molar-refractivity contribution is 6.34. The molecule has 0 radical (unpaired) electrons. The third-order valence-corrected chi connectivity index (χ3v) is 3.47. The van der Waals surface area contributed by atoms with Crippen LogP contribution < -0.4 is 5.32 Å². The minimum atomic E-state index is -0.267. The lowest BCUT2D eigenvalue weighted by Crippen LogP contribution is -2.30. The molecule has 0 fully saturated rings. The highest BCUT2D eigenvalue weighted by Crippen LogP contribution is 2.19. The van der Waals surface area contributed by atoms with Crippen LogP contribution in [0.15, 0.2) is 24.3 Å². The number of pyridine rings is 1. The molecule has 5 heteroatoms. The molecule has 1 atom stereocenters. The van der Waals surface area contributed by atoms with E-state index in [-0.39, 0.29) is 16.8 Å². The van der Waals surface area contributed by atoms with Crippen LogP contribution in [0.3, 0.4) is 0 Å². The molecule has 1 heterocycles. The van der Waals surface area contributed by atoms with Crippen LogP contribution in [0.5, 0.6) is 0 Å². The van der Waals surface area contributed by atoms with Crippen molar-refractivity contribution in [3.63, 3.8) is 0 Å². The molecule has 1 unspecified atom stereocenters. The van der Waals surface area contributed by atoms with Crippen molar-refractivity contribution in [1.82, 2.24) is 10.3 Å². The first kappa shape index (κ1) is 13.4. The number of rotatable bonds is 3. The molecule has 1 aromatic rings. The Hall–Kier alpha value is -1.06. The number of halogens is 2. The molecule has 1 aliphatic carbocycles. The van der Waals surface area contributed by atoms with Crippen LogP contribution in [-0.4, -0.2) is 17.4 Å². The quantitative estimate of drug-likeness (QED) is 0.682. The molecule has 96 valence electrons. The van der Waals surface area contributed by atoms with E-state index in [0.717, 1.165) is 19.3 Å². The van der Waals surface area contributed by atoms with Crippen molar-refractivity contribution in [2.45, 2.75) is 19.3 Å². The van der Waals surface area contributed by atoms with Crippen molar-refractivity contribution in [1.29, 1.82) is 0 Å². The molecular formula is C13H14Cl2N2O. The Balaban J connectivity index is 1.95. The van der Waals surface area contributed by atoms with Crippen LogP contribution in [0.2, 0.25) is 10.2 Å². The van der Waals surface area contributed by atoms with E-state index in [2.05, 4.69) is 22.5 Å². The van der Waals surface area contributed by atoms with Gasteiger partial charge in [0.05, 0.1) is 5.02 Å². The first-order valence-corrected chi connectivity index (χ1v) is 6.67. The number of hydrogen-bond donors (Lipinski definition) is 1. The SMILES string of the molecule is O=C(NCC1CC=CCC1)c1nc(Cl)ccc1Cl. The number of carbonyl (C=O) groups excluding carboxylic acids is 1. The zero-order chi connectivity index (χ0) is 13.0. The molecule has 1 aromatic heterocycles. The number of hydrogen-bond acceptors (Lipinski definition) is 2. The van der Waals surface area contributed by atoms with Crippen LogP contribution in [0.25, 0.3) is 0 Å². The van der Waals surface area contributed by atoms with Crippen molar-refractivity contribution in [2.24, 2.45) is 5.92 Å². The van der Waals surface area contributed by atoms with Crippen molar-refractivity contribution in [2.75, 3.05) is 6.54 Å². The summed E-state index contributed by atoms with van der Waals surface area (Å²) in [6.07, 6.45) is 7.53. The summed E-state index contributed by atoms with van der Waals surface area (Å²) in [4.78, 5) is 15.9.